The molecule has 0 atom stereocenters. The Labute approximate surface area is 156 Å². The molecule has 1 heterocycles. The molecule has 1 N–H and O–H groups in total. The number of aryl methyl sites for hydroxylation is 2. The number of sulfonamides is 1. The maximum absolute atomic E-state index is 12.4. The van der Waals surface area contributed by atoms with Gasteiger partial charge in [0.15, 0.2) is 0 Å². The molecule has 7 heteroatoms. The average molecular weight is 393 g/mol. The van der Waals surface area contributed by atoms with Crippen molar-refractivity contribution < 1.29 is 8.42 Å². The van der Waals surface area contributed by atoms with Gasteiger partial charge in [0.2, 0.25) is 10.0 Å². The minimum atomic E-state index is -3.59. The van der Waals surface area contributed by atoms with Crippen molar-refractivity contribution in [2.75, 3.05) is 0 Å². The average Bonchev–Trinajstić information content (AvgIpc) is 2.95. The van der Waals surface area contributed by atoms with Crippen LogP contribution in [0.15, 0.2) is 53.4 Å². The van der Waals surface area contributed by atoms with Crippen LogP contribution in [0, 0.1) is 13.8 Å². The zero-order chi connectivity index (χ0) is 18.0. The fourth-order valence-corrected chi connectivity index (χ4v) is 4.68. The molecule has 0 aliphatic carbocycles. The SMILES string of the molecule is Cc1ccccc1-c1nc(C)c(CNS(=O)(=O)c2ccc(Cl)cc2)s1. The number of benzene rings is 2. The predicted octanol–water partition coefficient (Wildman–Crippen LogP) is 4.56. The van der Waals surface area contributed by atoms with Crippen molar-refractivity contribution in [1.82, 2.24) is 9.71 Å². The van der Waals surface area contributed by atoms with Gasteiger partial charge in [-0.15, -0.1) is 11.3 Å². The molecule has 3 rings (SSSR count). The second-order valence-electron chi connectivity index (χ2n) is 5.62. The molecule has 0 saturated heterocycles. The summed E-state index contributed by atoms with van der Waals surface area (Å²) in [6.45, 7) is 4.14. The molecular formula is C18H17ClN2O2S2. The summed E-state index contributed by atoms with van der Waals surface area (Å²) in [7, 11) is -3.59. The van der Waals surface area contributed by atoms with Crippen LogP contribution in [0.1, 0.15) is 16.1 Å². The van der Waals surface area contributed by atoms with Crippen LogP contribution in [0.3, 0.4) is 0 Å². The number of nitrogens with zero attached hydrogens (tertiary/aromatic N) is 1. The molecule has 0 radical (unpaired) electrons. The van der Waals surface area contributed by atoms with E-state index in [4.69, 9.17) is 11.6 Å². The number of halogens is 1. The Kier molecular flexibility index (Phi) is 5.24. The number of nitrogens with one attached hydrogen (secondary N) is 1. The van der Waals surface area contributed by atoms with Crippen molar-refractivity contribution in [1.29, 1.82) is 0 Å². The van der Waals surface area contributed by atoms with Crippen LogP contribution in [0.25, 0.3) is 10.6 Å². The van der Waals surface area contributed by atoms with Crippen molar-refractivity contribution >= 4 is 33.0 Å². The fraction of sp³-hybridized carbons (Fsp3) is 0.167. The van der Waals surface area contributed by atoms with Gasteiger partial charge >= 0.3 is 0 Å². The third-order valence-corrected chi connectivity index (χ3v) is 6.67. The Balaban J connectivity index is 1.80. The molecule has 4 nitrogen and oxygen atoms in total. The largest absolute Gasteiger partial charge is 0.241 e. The van der Waals surface area contributed by atoms with Crippen LogP contribution in [0.2, 0.25) is 5.02 Å². The highest BCUT2D eigenvalue weighted by atomic mass is 35.5. The number of hydrogen-bond acceptors (Lipinski definition) is 4. The van der Waals surface area contributed by atoms with Crippen LogP contribution in [-0.2, 0) is 16.6 Å². The first-order valence-electron chi connectivity index (χ1n) is 7.64. The Morgan fingerprint density at radius 3 is 2.44 bits per heavy atom. The van der Waals surface area contributed by atoms with Gasteiger partial charge in [-0.1, -0.05) is 35.9 Å². The molecule has 0 saturated carbocycles. The van der Waals surface area contributed by atoms with Crippen LogP contribution in [-0.4, -0.2) is 13.4 Å². The molecule has 0 aliphatic heterocycles. The van der Waals surface area contributed by atoms with Crippen molar-refractivity contribution in [3.8, 4) is 10.6 Å². The van der Waals surface area contributed by atoms with E-state index in [-0.39, 0.29) is 11.4 Å². The number of hydrogen-bond donors (Lipinski definition) is 1. The summed E-state index contributed by atoms with van der Waals surface area (Å²) in [6.07, 6.45) is 0. The van der Waals surface area contributed by atoms with Gasteiger partial charge in [-0.25, -0.2) is 18.1 Å². The van der Waals surface area contributed by atoms with Crippen molar-refractivity contribution in [2.45, 2.75) is 25.3 Å². The van der Waals surface area contributed by atoms with E-state index in [1.807, 2.05) is 38.1 Å². The van der Waals surface area contributed by atoms with E-state index in [9.17, 15) is 8.42 Å². The van der Waals surface area contributed by atoms with E-state index in [1.54, 1.807) is 12.1 Å². The minimum Gasteiger partial charge on any atom is -0.241 e. The summed E-state index contributed by atoms with van der Waals surface area (Å²) in [4.78, 5) is 5.68. The molecular weight excluding hydrogens is 376 g/mol. The van der Waals surface area contributed by atoms with Crippen molar-refractivity contribution in [3.05, 3.63) is 69.7 Å². The third-order valence-electron chi connectivity index (χ3n) is 3.81. The second kappa shape index (κ2) is 7.25. The molecule has 2 aromatic carbocycles. The van der Waals surface area contributed by atoms with Crippen molar-refractivity contribution in [3.63, 3.8) is 0 Å². The molecule has 0 bridgehead atoms. The number of aromatic nitrogens is 1. The zero-order valence-electron chi connectivity index (χ0n) is 13.8. The highest BCUT2D eigenvalue weighted by Crippen LogP contribution is 2.30. The highest BCUT2D eigenvalue weighted by Gasteiger charge is 2.16. The van der Waals surface area contributed by atoms with E-state index >= 15 is 0 Å². The topological polar surface area (TPSA) is 59.1 Å². The molecule has 0 amide bonds. The molecule has 0 spiro atoms. The molecule has 0 unspecified atom stereocenters. The first-order chi connectivity index (χ1) is 11.9. The van der Waals surface area contributed by atoms with Gasteiger partial charge in [-0.3, -0.25) is 0 Å². The first-order valence-corrected chi connectivity index (χ1v) is 10.3. The Hall–Kier alpha value is -1.73. The second-order valence-corrected chi connectivity index (χ2v) is 8.91. The van der Waals surface area contributed by atoms with Gasteiger partial charge in [0.1, 0.15) is 5.01 Å². The Bertz CT molecular complexity index is 996. The van der Waals surface area contributed by atoms with Crippen LogP contribution in [0.5, 0.6) is 0 Å². The Morgan fingerprint density at radius 1 is 1.08 bits per heavy atom. The summed E-state index contributed by atoms with van der Waals surface area (Å²) in [6, 6.07) is 14.1. The quantitative estimate of drug-likeness (QED) is 0.692. The van der Waals surface area contributed by atoms with Gasteiger partial charge in [0.25, 0.3) is 0 Å². The minimum absolute atomic E-state index is 0.193. The third kappa shape index (κ3) is 4.10. The molecule has 3 aromatic rings. The van der Waals surface area contributed by atoms with Gasteiger partial charge in [-0.05, 0) is 43.7 Å². The normalized spacial score (nSPS) is 11.6. The molecule has 25 heavy (non-hydrogen) atoms. The summed E-state index contributed by atoms with van der Waals surface area (Å²) >= 11 is 7.31. The van der Waals surface area contributed by atoms with Gasteiger partial charge in [0, 0.05) is 22.0 Å². The van der Waals surface area contributed by atoms with Gasteiger partial charge in [-0.2, -0.15) is 0 Å². The monoisotopic (exact) mass is 392 g/mol. The maximum Gasteiger partial charge on any atom is 0.240 e. The smallest absolute Gasteiger partial charge is 0.240 e. The summed E-state index contributed by atoms with van der Waals surface area (Å²) in [5.41, 5.74) is 3.05. The molecule has 0 aliphatic rings. The van der Waals surface area contributed by atoms with E-state index < -0.39 is 10.0 Å². The molecule has 130 valence electrons. The van der Waals surface area contributed by atoms with Crippen LogP contribution < -0.4 is 4.72 Å². The standard InChI is InChI=1S/C18H17ClN2O2S2/c1-12-5-3-4-6-16(12)18-21-13(2)17(24-18)11-20-25(22,23)15-9-7-14(19)8-10-15/h3-10,20H,11H2,1-2H3. The maximum atomic E-state index is 12.4. The van der Waals surface area contributed by atoms with E-state index in [2.05, 4.69) is 9.71 Å². The lowest BCUT2D eigenvalue weighted by atomic mass is 10.1. The fourth-order valence-electron chi connectivity index (χ4n) is 2.38. The zero-order valence-corrected chi connectivity index (χ0v) is 16.2. The van der Waals surface area contributed by atoms with E-state index in [1.165, 1.54) is 23.5 Å². The first kappa shape index (κ1) is 18.1. The Morgan fingerprint density at radius 2 is 1.76 bits per heavy atom. The van der Waals surface area contributed by atoms with Gasteiger partial charge in [0.05, 0.1) is 10.6 Å². The van der Waals surface area contributed by atoms with E-state index in [0.29, 0.717) is 5.02 Å². The summed E-state index contributed by atoms with van der Waals surface area (Å²) in [5.74, 6) is 0. The lowest BCUT2D eigenvalue weighted by Gasteiger charge is -2.06. The predicted molar refractivity (Wildman–Crippen MR) is 103 cm³/mol. The molecule has 1 aromatic heterocycles. The summed E-state index contributed by atoms with van der Waals surface area (Å²) in [5, 5.41) is 1.40. The van der Waals surface area contributed by atoms with Crippen molar-refractivity contribution in [2.24, 2.45) is 0 Å². The molecule has 0 fully saturated rings. The summed E-state index contributed by atoms with van der Waals surface area (Å²) < 4.78 is 27.4. The van der Waals surface area contributed by atoms with Crippen LogP contribution in [0.4, 0.5) is 0 Å². The van der Waals surface area contributed by atoms with Gasteiger partial charge < -0.3 is 0 Å². The number of rotatable bonds is 5. The van der Waals surface area contributed by atoms with Crippen LogP contribution >= 0.6 is 22.9 Å². The highest BCUT2D eigenvalue weighted by molar-refractivity contribution is 7.89. The van der Waals surface area contributed by atoms with E-state index in [0.717, 1.165) is 26.7 Å². The lowest BCUT2D eigenvalue weighted by molar-refractivity contribution is 0.581. The number of thiazole rings is 1. The lowest BCUT2D eigenvalue weighted by Crippen LogP contribution is -2.23.